The number of carbonyl (C=O) groups is 2. The van der Waals surface area contributed by atoms with Gasteiger partial charge < -0.3 is 10.6 Å². The first-order chi connectivity index (χ1) is 12.7. The molecule has 27 heavy (non-hydrogen) atoms. The van der Waals surface area contributed by atoms with Crippen LogP contribution in [0.15, 0.2) is 42.5 Å². The van der Waals surface area contributed by atoms with Gasteiger partial charge in [-0.05, 0) is 42.8 Å². The lowest BCUT2D eigenvalue weighted by atomic mass is 10.2. The van der Waals surface area contributed by atoms with Crippen LogP contribution >= 0.6 is 0 Å². The molecule has 1 aliphatic rings. The molecule has 0 saturated heterocycles. The maximum absolute atomic E-state index is 13.5. The maximum atomic E-state index is 13.5. The van der Waals surface area contributed by atoms with Crippen LogP contribution in [0.25, 0.3) is 0 Å². The van der Waals surface area contributed by atoms with Crippen LogP contribution in [0.2, 0.25) is 0 Å². The molecule has 1 fully saturated rings. The van der Waals surface area contributed by atoms with Crippen LogP contribution < -0.4 is 10.6 Å². The molecule has 2 atom stereocenters. The molecular formula is C18H13F5N2O2. The van der Waals surface area contributed by atoms with Crippen LogP contribution in [-0.4, -0.2) is 11.8 Å². The molecule has 1 saturated carbocycles. The van der Waals surface area contributed by atoms with E-state index in [1.54, 1.807) is 0 Å². The van der Waals surface area contributed by atoms with Crippen molar-refractivity contribution in [3.05, 3.63) is 59.7 Å². The number of benzene rings is 2. The number of hydrogen-bond acceptors (Lipinski definition) is 2. The lowest BCUT2D eigenvalue weighted by Crippen LogP contribution is -2.21. The highest BCUT2D eigenvalue weighted by molar-refractivity contribution is 6.03. The molecule has 9 heteroatoms. The number of anilines is 2. The SMILES string of the molecule is O=C(Nc1ccc(C(F)(F)F)cc1)C1CC1C(=O)Nc1c(F)cccc1F. The van der Waals surface area contributed by atoms with Crippen LogP contribution in [0.3, 0.4) is 0 Å². The first-order valence-electron chi connectivity index (χ1n) is 7.90. The van der Waals surface area contributed by atoms with E-state index in [2.05, 4.69) is 10.6 Å². The minimum atomic E-state index is -4.48. The predicted molar refractivity (Wildman–Crippen MR) is 86.7 cm³/mol. The Morgan fingerprint density at radius 1 is 0.852 bits per heavy atom. The summed E-state index contributed by atoms with van der Waals surface area (Å²) in [5.41, 5.74) is -1.29. The second-order valence-corrected chi connectivity index (χ2v) is 6.10. The van der Waals surface area contributed by atoms with Gasteiger partial charge in [0.1, 0.15) is 17.3 Å². The van der Waals surface area contributed by atoms with Crippen molar-refractivity contribution in [3.8, 4) is 0 Å². The van der Waals surface area contributed by atoms with Gasteiger partial charge in [0.15, 0.2) is 0 Å². The molecule has 2 aromatic rings. The zero-order valence-corrected chi connectivity index (χ0v) is 13.6. The molecule has 0 radical (unpaired) electrons. The molecule has 2 aromatic carbocycles. The minimum Gasteiger partial charge on any atom is -0.326 e. The quantitative estimate of drug-likeness (QED) is 0.777. The Morgan fingerprint density at radius 2 is 1.37 bits per heavy atom. The zero-order valence-electron chi connectivity index (χ0n) is 13.6. The van der Waals surface area contributed by atoms with Crippen molar-refractivity contribution < 1.29 is 31.5 Å². The van der Waals surface area contributed by atoms with Gasteiger partial charge in [0.2, 0.25) is 11.8 Å². The lowest BCUT2D eigenvalue weighted by molar-refractivity contribution is -0.137. The smallest absolute Gasteiger partial charge is 0.326 e. The molecule has 1 aliphatic carbocycles. The number of nitrogens with one attached hydrogen (secondary N) is 2. The van der Waals surface area contributed by atoms with E-state index in [0.29, 0.717) is 0 Å². The van der Waals surface area contributed by atoms with Crippen molar-refractivity contribution in [1.29, 1.82) is 0 Å². The van der Waals surface area contributed by atoms with Crippen molar-refractivity contribution in [2.75, 3.05) is 10.6 Å². The summed E-state index contributed by atoms with van der Waals surface area (Å²) < 4.78 is 64.6. The van der Waals surface area contributed by atoms with Gasteiger partial charge in [-0.25, -0.2) is 8.78 Å². The molecule has 2 amide bonds. The van der Waals surface area contributed by atoms with Crippen LogP contribution in [0, 0.1) is 23.5 Å². The number of carbonyl (C=O) groups excluding carboxylic acids is 2. The van der Waals surface area contributed by atoms with Crippen molar-refractivity contribution >= 4 is 23.2 Å². The number of para-hydroxylation sites is 1. The van der Waals surface area contributed by atoms with E-state index in [-0.39, 0.29) is 12.1 Å². The first kappa shape index (κ1) is 18.8. The Kier molecular flexibility index (Phi) is 4.86. The van der Waals surface area contributed by atoms with Gasteiger partial charge >= 0.3 is 6.18 Å². The van der Waals surface area contributed by atoms with E-state index in [1.807, 2.05) is 0 Å². The number of hydrogen-bond donors (Lipinski definition) is 2. The van der Waals surface area contributed by atoms with Gasteiger partial charge in [0.05, 0.1) is 17.4 Å². The summed E-state index contributed by atoms with van der Waals surface area (Å²) in [7, 11) is 0. The fourth-order valence-electron chi connectivity index (χ4n) is 2.59. The maximum Gasteiger partial charge on any atom is 0.416 e. The lowest BCUT2D eigenvalue weighted by Gasteiger charge is -2.09. The van der Waals surface area contributed by atoms with Gasteiger partial charge in [-0.1, -0.05) is 6.07 Å². The third-order valence-corrected chi connectivity index (χ3v) is 4.15. The Balaban J connectivity index is 1.58. The van der Waals surface area contributed by atoms with E-state index in [4.69, 9.17) is 0 Å². The van der Waals surface area contributed by atoms with E-state index < -0.39 is 52.7 Å². The summed E-state index contributed by atoms with van der Waals surface area (Å²) in [5.74, 6) is -4.61. The van der Waals surface area contributed by atoms with Gasteiger partial charge in [-0.2, -0.15) is 13.2 Å². The van der Waals surface area contributed by atoms with Crippen LogP contribution in [0.5, 0.6) is 0 Å². The van der Waals surface area contributed by atoms with Crippen molar-refractivity contribution in [2.24, 2.45) is 11.8 Å². The van der Waals surface area contributed by atoms with Crippen molar-refractivity contribution in [1.82, 2.24) is 0 Å². The molecule has 2 unspecified atom stereocenters. The fraction of sp³-hybridized carbons (Fsp3) is 0.222. The molecular weight excluding hydrogens is 371 g/mol. The van der Waals surface area contributed by atoms with Gasteiger partial charge in [-0.15, -0.1) is 0 Å². The number of rotatable bonds is 4. The van der Waals surface area contributed by atoms with E-state index in [9.17, 15) is 31.5 Å². The molecule has 142 valence electrons. The summed E-state index contributed by atoms with van der Waals surface area (Å²) in [4.78, 5) is 24.1. The summed E-state index contributed by atoms with van der Waals surface area (Å²) in [6.45, 7) is 0. The molecule has 0 heterocycles. The van der Waals surface area contributed by atoms with E-state index in [0.717, 1.165) is 42.5 Å². The standard InChI is InChI=1S/C18H13F5N2O2/c19-13-2-1-3-14(20)15(13)25-17(27)12-8-11(12)16(26)24-10-6-4-9(5-7-10)18(21,22)23/h1-7,11-12H,8H2,(H,24,26)(H,25,27). The van der Waals surface area contributed by atoms with Gasteiger partial charge in [-0.3, -0.25) is 9.59 Å². The van der Waals surface area contributed by atoms with Gasteiger partial charge in [0, 0.05) is 5.69 Å². The average Bonchev–Trinajstić information content (AvgIpc) is 3.39. The van der Waals surface area contributed by atoms with Gasteiger partial charge in [0.25, 0.3) is 0 Å². The molecule has 0 aromatic heterocycles. The first-order valence-corrected chi connectivity index (χ1v) is 7.90. The van der Waals surface area contributed by atoms with Crippen LogP contribution in [-0.2, 0) is 15.8 Å². The Bertz CT molecular complexity index is 860. The third-order valence-electron chi connectivity index (χ3n) is 4.15. The molecule has 0 aliphatic heterocycles. The number of halogens is 5. The Labute approximate surface area is 150 Å². The molecule has 2 N–H and O–H groups in total. The average molecular weight is 384 g/mol. The van der Waals surface area contributed by atoms with Crippen molar-refractivity contribution in [3.63, 3.8) is 0 Å². The number of alkyl halides is 3. The third kappa shape index (κ3) is 4.24. The zero-order chi connectivity index (χ0) is 19.8. The highest BCUT2D eigenvalue weighted by Gasteiger charge is 2.48. The second kappa shape index (κ2) is 6.98. The normalized spacial score (nSPS) is 18.7. The van der Waals surface area contributed by atoms with Crippen molar-refractivity contribution in [2.45, 2.75) is 12.6 Å². The van der Waals surface area contributed by atoms with Crippen LogP contribution in [0.4, 0.5) is 33.3 Å². The Hall–Kier alpha value is -2.97. The molecule has 4 nitrogen and oxygen atoms in total. The second-order valence-electron chi connectivity index (χ2n) is 6.10. The highest BCUT2D eigenvalue weighted by Crippen LogP contribution is 2.40. The summed E-state index contributed by atoms with van der Waals surface area (Å²) in [6, 6.07) is 6.99. The number of amides is 2. The van der Waals surface area contributed by atoms with Crippen LogP contribution in [0.1, 0.15) is 12.0 Å². The fourth-order valence-corrected chi connectivity index (χ4v) is 2.59. The Morgan fingerprint density at radius 3 is 1.89 bits per heavy atom. The monoisotopic (exact) mass is 384 g/mol. The van der Waals surface area contributed by atoms with E-state index >= 15 is 0 Å². The predicted octanol–water partition coefficient (Wildman–Crippen LogP) is 4.20. The molecule has 3 rings (SSSR count). The molecule has 0 bridgehead atoms. The van der Waals surface area contributed by atoms with E-state index in [1.165, 1.54) is 0 Å². The molecule has 0 spiro atoms. The largest absolute Gasteiger partial charge is 0.416 e. The summed E-state index contributed by atoms with van der Waals surface area (Å²) in [5, 5.41) is 4.54. The topological polar surface area (TPSA) is 58.2 Å². The minimum absolute atomic E-state index is 0.152. The summed E-state index contributed by atoms with van der Waals surface area (Å²) in [6.07, 6.45) is -4.31. The highest BCUT2D eigenvalue weighted by atomic mass is 19.4. The summed E-state index contributed by atoms with van der Waals surface area (Å²) >= 11 is 0.